The van der Waals surface area contributed by atoms with Crippen LogP contribution in [0.15, 0.2) is 35.3 Å². The minimum absolute atomic E-state index is 0.161. The molecule has 0 fully saturated rings. The van der Waals surface area contributed by atoms with E-state index >= 15 is 0 Å². The predicted molar refractivity (Wildman–Crippen MR) is 80.2 cm³/mol. The third-order valence-corrected chi connectivity index (χ3v) is 3.12. The van der Waals surface area contributed by atoms with Crippen molar-refractivity contribution in [3.8, 4) is 5.75 Å². The lowest BCUT2D eigenvalue weighted by molar-refractivity contribution is -0.127. The maximum Gasteiger partial charge on any atom is 0.261 e. The number of hydrogen-bond donors (Lipinski definition) is 2. The number of nitrogens with one attached hydrogen (secondary N) is 2. The Kier molecular flexibility index (Phi) is 6.59. The standard InChI is InChI=1S/C14H19BrN2O2/c1-4-8-17-14(18)10(2)19-13-11(9-16-3)6-5-7-12(13)15/h4-7,10,16H,1,8-9H2,2-3H3,(H,17,18). The molecule has 19 heavy (non-hydrogen) atoms. The first-order valence-electron chi connectivity index (χ1n) is 6.07. The van der Waals surface area contributed by atoms with Crippen molar-refractivity contribution in [1.82, 2.24) is 10.6 Å². The van der Waals surface area contributed by atoms with Crippen LogP contribution in [0, 0.1) is 0 Å². The number of carbonyl (C=O) groups is 1. The van der Waals surface area contributed by atoms with Gasteiger partial charge < -0.3 is 15.4 Å². The summed E-state index contributed by atoms with van der Waals surface area (Å²) in [6.45, 7) is 6.39. The van der Waals surface area contributed by atoms with Crippen molar-refractivity contribution in [3.63, 3.8) is 0 Å². The van der Waals surface area contributed by atoms with Crippen molar-refractivity contribution in [2.75, 3.05) is 13.6 Å². The monoisotopic (exact) mass is 326 g/mol. The molecule has 0 aromatic heterocycles. The van der Waals surface area contributed by atoms with Crippen molar-refractivity contribution in [3.05, 3.63) is 40.9 Å². The van der Waals surface area contributed by atoms with Gasteiger partial charge in [-0.25, -0.2) is 0 Å². The minimum Gasteiger partial charge on any atom is -0.479 e. The zero-order chi connectivity index (χ0) is 14.3. The van der Waals surface area contributed by atoms with Crippen molar-refractivity contribution in [2.24, 2.45) is 0 Å². The van der Waals surface area contributed by atoms with Gasteiger partial charge in [0.15, 0.2) is 6.10 Å². The van der Waals surface area contributed by atoms with Gasteiger partial charge in [0.25, 0.3) is 5.91 Å². The molecule has 1 unspecified atom stereocenters. The lowest BCUT2D eigenvalue weighted by atomic mass is 10.2. The molecule has 104 valence electrons. The molecule has 0 aliphatic carbocycles. The van der Waals surface area contributed by atoms with Crippen molar-refractivity contribution in [1.29, 1.82) is 0 Å². The summed E-state index contributed by atoms with van der Waals surface area (Å²) in [5.74, 6) is 0.532. The molecule has 1 rings (SSSR count). The molecule has 1 atom stereocenters. The van der Waals surface area contributed by atoms with Crippen LogP contribution in [0.25, 0.3) is 0 Å². The molecule has 0 spiro atoms. The Labute approximate surface area is 122 Å². The van der Waals surface area contributed by atoms with E-state index in [4.69, 9.17) is 4.74 Å². The number of amides is 1. The third-order valence-electron chi connectivity index (χ3n) is 2.50. The van der Waals surface area contributed by atoms with E-state index in [2.05, 4.69) is 33.1 Å². The van der Waals surface area contributed by atoms with E-state index < -0.39 is 6.10 Å². The number of hydrogen-bond acceptors (Lipinski definition) is 3. The molecule has 1 amide bonds. The molecule has 0 heterocycles. The van der Waals surface area contributed by atoms with Crippen LogP contribution >= 0.6 is 15.9 Å². The number of halogens is 1. The summed E-state index contributed by atoms with van der Waals surface area (Å²) in [6, 6.07) is 5.79. The molecule has 0 bridgehead atoms. The second kappa shape index (κ2) is 7.96. The second-order valence-electron chi connectivity index (χ2n) is 4.05. The van der Waals surface area contributed by atoms with E-state index in [9.17, 15) is 4.79 Å². The Bertz CT molecular complexity index is 449. The number of rotatable bonds is 7. The first kappa shape index (κ1) is 15.7. The minimum atomic E-state index is -0.561. The molecule has 1 aromatic carbocycles. The van der Waals surface area contributed by atoms with E-state index in [1.165, 1.54) is 0 Å². The lowest BCUT2D eigenvalue weighted by Gasteiger charge is -2.18. The largest absolute Gasteiger partial charge is 0.479 e. The smallest absolute Gasteiger partial charge is 0.261 e. The van der Waals surface area contributed by atoms with Gasteiger partial charge in [0.1, 0.15) is 5.75 Å². The zero-order valence-corrected chi connectivity index (χ0v) is 12.8. The Balaban J connectivity index is 2.80. The summed E-state index contributed by atoms with van der Waals surface area (Å²) in [4.78, 5) is 11.8. The molecular formula is C14H19BrN2O2. The molecule has 0 aliphatic rings. The van der Waals surface area contributed by atoms with E-state index in [0.29, 0.717) is 18.8 Å². The summed E-state index contributed by atoms with van der Waals surface area (Å²) in [6.07, 6.45) is 1.07. The fourth-order valence-electron chi connectivity index (χ4n) is 1.56. The van der Waals surface area contributed by atoms with Crippen molar-refractivity contribution < 1.29 is 9.53 Å². The highest BCUT2D eigenvalue weighted by atomic mass is 79.9. The van der Waals surface area contributed by atoms with Gasteiger partial charge in [-0.1, -0.05) is 18.2 Å². The lowest BCUT2D eigenvalue weighted by Crippen LogP contribution is -2.36. The molecule has 2 N–H and O–H groups in total. The third kappa shape index (κ3) is 4.69. The van der Waals surface area contributed by atoms with Gasteiger partial charge in [0, 0.05) is 18.7 Å². The van der Waals surface area contributed by atoms with Crippen molar-refractivity contribution >= 4 is 21.8 Å². The number of para-hydroxylation sites is 1. The summed E-state index contributed by atoms with van der Waals surface area (Å²) in [5, 5.41) is 5.78. The highest BCUT2D eigenvalue weighted by Crippen LogP contribution is 2.29. The average Bonchev–Trinajstić information content (AvgIpc) is 2.40. The average molecular weight is 327 g/mol. The van der Waals surface area contributed by atoms with E-state index in [-0.39, 0.29) is 5.91 Å². The maximum absolute atomic E-state index is 11.8. The van der Waals surface area contributed by atoms with E-state index in [1.807, 2.05) is 25.2 Å². The summed E-state index contributed by atoms with van der Waals surface area (Å²) < 4.78 is 6.59. The molecule has 0 saturated heterocycles. The quantitative estimate of drug-likeness (QED) is 0.755. The SMILES string of the molecule is C=CCNC(=O)C(C)Oc1c(Br)cccc1CNC. The Morgan fingerprint density at radius 2 is 2.32 bits per heavy atom. The fourth-order valence-corrected chi connectivity index (χ4v) is 2.06. The molecule has 5 heteroatoms. The van der Waals surface area contributed by atoms with Gasteiger partial charge in [-0.15, -0.1) is 6.58 Å². The van der Waals surface area contributed by atoms with Crippen LogP contribution in [0.2, 0.25) is 0 Å². The Hall–Kier alpha value is -1.33. The van der Waals surface area contributed by atoms with E-state index in [0.717, 1.165) is 10.0 Å². The van der Waals surface area contributed by atoms with Crippen LogP contribution in [-0.4, -0.2) is 25.6 Å². The van der Waals surface area contributed by atoms with Crippen LogP contribution in [0.5, 0.6) is 5.75 Å². The zero-order valence-electron chi connectivity index (χ0n) is 11.2. The topological polar surface area (TPSA) is 50.4 Å². The predicted octanol–water partition coefficient (Wildman–Crippen LogP) is 2.24. The van der Waals surface area contributed by atoms with Crippen molar-refractivity contribution in [2.45, 2.75) is 19.6 Å². The van der Waals surface area contributed by atoms with Gasteiger partial charge >= 0.3 is 0 Å². The highest BCUT2D eigenvalue weighted by Gasteiger charge is 2.17. The summed E-state index contributed by atoms with van der Waals surface area (Å²) in [5.41, 5.74) is 1.00. The summed E-state index contributed by atoms with van der Waals surface area (Å²) >= 11 is 3.45. The van der Waals surface area contributed by atoms with Crippen LogP contribution in [0.1, 0.15) is 12.5 Å². The molecule has 0 aliphatic heterocycles. The Morgan fingerprint density at radius 1 is 1.58 bits per heavy atom. The highest BCUT2D eigenvalue weighted by molar-refractivity contribution is 9.10. The van der Waals surface area contributed by atoms with Gasteiger partial charge in [-0.05, 0) is 36.0 Å². The first-order chi connectivity index (χ1) is 9.10. The summed E-state index contributed by atoms with van der Waals surface area (Å²) in [7, 11) is 1.87. The molecule has 0 saturated carbocycles. The van der Waals surface area contributed by atoms with Crippen LogP contribution in [0.4, 0.5) is 0 Å². The number of carbonyl (C=O) groups excluding carboxylic acids is 1. The van der Waals surface area contributed by atoms with Crippen LogP contribution < -0.4 is 15.4 Å². The molecular weight excluding hydrogens is 308 g/mol. The van der Waals surface area contributed by atoms with Gasteiger partial charge in [-0.2, -0.15) is 0 Å². The Morgan fingerprint density at radius 3 is 2.95 bits per heavy atom. The normalized spacial score (nSPS) is 11.7. The fraction of sp³-hybridized carbons (Fsp3) is 0.357. The second-order valence-corrected chi connectivity index (χ2v) is 4.91. The molecule has 0 radical (unpaired) electrons. The van der Waals surface area contributed by atoms with Gasteiger partial charge in [0.05, 0.1) is 4.47 Å². The van der Waals surface area contributed by atoms with E-state index in [1.54, 1.807) is 13.0 Å². The molecule has 1 aromatic rings. The maximum atomic E-state index is 11.8. The number of ether oxygens (including phenoxy) is 1. The van der Waals surface area contributed by atoms with Gasteiger partial charge in [0.2, 0.25) is 0 Å². The van der Waals surface area contributed by atoms with Gasteiger partial charge in [-0.3, -0.25) is 4.79 Å². The van der Waals surface area contributed by atoms with Crippen LogP contribution in [0.3, 0.4) is 0 Å². The molecule has 4 nitrogen and oxygen atoms in total. The van der Waals surface area contributed by atoms with Crippen LogP contribution in [-0.2, 0) is 11.3 Å². The first-order valence-corrected chi connectivity index (χ1v) is 6.86. The number of benzene rings is 1.